The molecule has 1 aliphatic heterocycles. The second kappa shape index (κ2) is 15.0. The molecular formula is C20H35Cl3INO. The van der Waals surface area contributed by atoms with Gasteiger partial charge in [-0.25, -0.2) is 0 Å². The highest BCUT2D eigenvalue weighted by Gasteiger charge is 2.36. The average Bonchev–Trinajstić information content (AvgIpc) is 2.59. The third-order valence-corrected chi connectivity index (χ3v) is 6.59. The second-order valence-corrected chi connectivity index (χ2v) is 11.2. The van der Waals surface area contributed by atoms with Gasteiger partial charge in [0.05, 0.1) is 10.5 Å². The molecule has 154 valence electrons. The summed E-state index contributed by atoms with van der Waals surface area (Å²) in [4.78, 5) is 4.24. The minimum Gasteiger partial charge on any atom is -0.473 e. The van der Waals surface area contributed by atoms with Gasteiger partial charge in [0.25, 0.3) is 3.79 Å². The third-order valence-electron chi connectivity index (χ3n) is 4.91. The second-order valence-electron chi connectivity index (χ2n) is 7.35. The van der Waals surface area contributed by atoms with Crippen molar-refractivity contribution >= 4 is 63.3 Å². The largest absolute Gasteiger partial charge is 0.473 e. The highest BCUT2D eigenvalue weighted by molar-refractivity contribution is 14.1. The van der Waals surface area contributed by atoms with Crippen molar-refractivity contribution in [3.63, 3.8) is 0 Å². The summed E-state index contributed by atoms with van der Waals surface area (Å²) in [5.74, 6) is 0.259. The van der Waals surface area contributed by atoms with Crippen molar-refractivity contribution in [2.45, 2.75) is 111 Å². The number of ether oxygens (including phenoxy) is 1. The molecular weight excluding hydrogens is 503 g/mol. The summed E-state index contributed by atoms with van der Waals surface area (Å²) in [6, 6.07) is 0. The van der Waals surface area contributed by atoms with Gasteiger partial charge in [-0.05, 0) is 12.8 Å². The van der Waals surface area contributed by atoms with Crippen LogP contribution < -0.4 is 0 Å². The summed E-state index contributed by atoms with van der Waals surface area (Å²) in [5, 5.41) is 0. The lowest BCUT2D eigenvalue weighted by Gasteiger charge is -2.30. The smallest absolute Gasteiger partial charge is 0.266 e. The highest BCUT2D eigenvalue weighted by atomic mass is 127. The average molecular weight is 539 g/mol. The molecule has 0 N–H and O–H groups in total. The maximum atomic E-state index is 5.88. The molecule has 2 nitrogen and oxygen atoms in total. The van der Waals surface area contributed by atoms with Crippen LogP contribution >= 0.6 is 57.4 Å². The van der Waals surface area contributed by atoms with Crippen molar-refractivity contribution in [1.29, 1.82) is 0 Å². The predicted molar refractivity (Wildman–Crippen MR) is 126 cm³/mol. The molecule has 0 aromatic rings. The van der Waals surface area contributed by atoms with Crippen molar-refractivity contribution in [3.8, 4) is 0 Å². The maximum absolute atomic E-state index is 5.88. The lowest BCUT2D eigenvalue weighted by molar-refractivity contribution is 0.160. The minimum atomic E-state index is -1.54. The number of halogens is 4. The molecule has 0 radical (unpaired) electrons. The summed E-state index contributed by atoms with van der Waals surface area (Å²) in [6.45, 7) is 2.95. The van der Waals surface area contributed by atoms with Gasteiger partial charge in [0.2, 0.25) is 5.90 Å². The molecule has 0 saturated carbocycles. The van der Waals surface area contributed by atoms with Gasteiger partial charge in [0.1, 0.15) is 6.10 Å². The number of unbranched alkanes of at least 4 members (excludes halogenated alkanes) is 12. The molecule has 0 spiro atoms. The fourth-order valence-corrected chi connectivity index (χ4v) is 4.32. The Balaban J connectivity index is 1.95. The molecule has 1 rings (SSSR count). The van der Waals surface area contributed by atoms with Crippen molar-refractivity contribution in [2.24, 2.45) is 4.99 Å². The van der Waals surface area contributed by atoms with E-state index in [-0.39, 0.29) is 12.0 Å². The van der Waals surface area contributed by atoms with Crippen LogP contribution in [-0.4, -0.2) is 26.3 Å². The Hall–Kier alpha value is 1.07. The van der Waals surface area contributed by atoms with Crippen LogP contribution in [0.15, 0.2) is 4.99 Å². The zero-order valence-electron chi connectivity index (χ0n) is 16.1. The van der Waals surface area contributed by atoms with Crippen LogP contribution in [0.1, 0.15) is 96.8 Å². The molecule has 26 heavy (non-hydrogen) atoms. The van der Waals surface area contributed by atoms with Crippen LogP contribution in [0.4, 0.5) is 0 Å². The Bertz CT molecular complexity index is 388. The van der Waals surface area contributed by atoms with Gasteiger partial charge in [0.15, 0.2) is 0 Å². The number of rotatable bonds is 14. The van der Waals surface area contributed by atoms with E-state index in [0.29, 0.717) is 10.5 Å². The van der Waals surface area contributed by atoms with Crippen LogP contribution in [0.25, 0.3) is 0 Å². The van der Waals surface area contributed by atoms with Crippen LogP contribution in [0.2, 0.25) is 0 Å². The molecule has 0 aromatic heterocycles. The number of alkyl halides is 4. The van der Waals surface area contributed by atoms with E-state index in [1.807, 2.05) is 0 Å². The van der Waals surface area contributed by atoms with Crippen LogP contribution in [0.5, 0.6) is 0 Å². The lowest BCUT2D eigenvalue weighted by atomic mass is 10.0. The summed E-state index contributed by atoms with van der Waals surface area (Å²) < 4.78 is 4.64. The summed E-state index contributed by atoms with van der Waals surface area (Å²) in [6.07, 6.45) is 18.9. The minimum absolute atomic E-state index is 0.117. The molecule has 0 aliphatic carbocycles. The molecule has 0 bridgehead atoms. The van der Waals surface area contributed by atoms with E-state index in [0.717, 1.165) is 6.42 Å². The van der Waals surface area contributed by atoms with Crippen molar-refractivity contribution < 1.29 is 4.74 Å². The molecule has 1 heterocycles. The zero-order valence-corrected chi connectivity index (χ0v) is 20.6. The summed E-state index contributed by atoms with van der Waals surface area (Å²) in [7, 11) is 0. The van der Waals surface area contributed by atoms with E-state index >= 15 is 0 Å². The molecule has 2 unspecified atom stereocenters. The van der Waals surface area contributed by atoms with Gasteiger partial charge in [-0.2, -0.15) is 0 Å². The van der Waals surface area contributed by atoms with Crippen molar-refractivity contribution in [3.05, 3.63) is 0 Å². The summed E-state index contributed by atoms with van der Waals surface area (Å²) in [5.41, 5.74) is 0. The molecule has 0 saturated heterocycles. The van der Waals surface area contributed by atoms with Crippen LogP contribution in [0, 0.1) is 0 Å². The van der Waals surface area contributed by atoms with E-state index < -0.39 is 3.79 Å². The van der Waals surface area contributed by atoms with Gasteiger partial charge in [-0.1, -0.05) is 141 Å². The number of hydrogen-bond acceptors (Lipinski definition) is 2. The Morgan fingerprint density at radius 1 is 0.885 bits per heavy atom. The predicted octanol–water partition coefficient (Wildman–Crippen LogP) is 8.44. The fourth-order valence-electron chi connectivity index (χ4n) is 3.30. The molecule has 0 amide bonds. The molecule has 1 aliphatic rings. The van der Waals surface area contributed by atoms with Gasteiger partial charge >= 0.3 is 0 Å². The quantitative estimate of drug-likeness (QED) is 0.124. The molecule has 2 atom stereocenters. The Morgan fingerprint density at radius 2 is 1.35 bits per heavy atom. The Labute approximate surface area is 189 Å². The normalized spacial score (nSPS) is 20.7. The number of hydrogen-bond donors (Lipinski definition) is 0. The first-order valence-corrected chi connectivity index (χ1v) is 12.8. The van der Waals surface area contributed by atoms with Gasteiger partial charge < -0.3 is 4.74 Å². The Kier molecular flexibility index (Phi) is 14.5. The van der Waals surface area contributed by atoms with E-state index in [1.165, 1.54) is 83.5 Å². The van der Waals surface area contributed by atoms with E-state index in [9.17, 15) is 0 Å². The molecule has 0 fully saturated rings. The Morgan fingerprint density at radius 3 is 1.81 bits per heavy atom. The third kappa shape index (κ3) is 11.8. The van der Waals surface area contributed by atoms with Gasteiger partial charge in [0, 0.05) is 0 Å². The highest BCUT2D eigenvalue weighted by Crippen LogP contribution is 2.33. The number of nitrogens with zero attached hydrogens (tertiary/aromatic N) is 1. The zero-order chi connectivity index (χ0) is 19.3. The van der Waals surface area contributed by atoms with E-state index in [2.05, 4.69) is 34.5 Å². The van der Waals surface area contributed by atoms with Crippen LogP contribution in [0.3, 0.4) is 0 Å². The topological polar surface area (TPSA) is 21.6 Å². The number of aliphatic imine (C=N–C) groups is 1. The van der Waals surface area contributed by atoms with Gasteiger partial charge in [-0.3, -0.25) is 4.99 Å². The van der Waals surface area contributed by atoms with Crippen molar-refractivity contribution in [2.75, 3.05) is 6.54 Å². The first-order chi connectivity index (χ1) is 12.4. The monoisotopic (exact) mass is 537 g/mol. The van der Waals surface area contributed by atoms with Crippen LogP contribution in [-0.2, 0) is 4.74 Å². The molecule has 6 heteroatoms. The first kappa shape index (κ1) is 25.1. The molecule has 0 aromatic carbocycles. The maximum Gasteiger partial charge on any atom is 0.266 e. The fraction of sp³-hybridized carbons (Fsp3) is 0.950. The first-order valence-electron chi connectivity index (χ1n) is 10.4. The van der Waals surface area contributed by atoms with E-state index in [1.54, 1.807) is 0 Å². The summed E-state index contributed by atoms with van der Waals surface area (Å²) >= 11 is 20.0. The standard InChI is InChI=1S/C20H35Cl3INO/c1-2-3-4-5-6-7-8-9-10-11-12-13-14-15-18-17(24)16-25-19(26-18)20(21,22)23/h17-18H,2-16H2,1H3. The van der Waals surface area contributed by atoms with Crippen molar-refractivity contribution in [1.82, 2.24) is 0 Å². The van der Waals surface area contributed by atoms with Gasteiger partial charge in [-0.15, -0.1) is 0 Å². The SMILES string of the molecule is CCCCCCCCCCCCCCCC1OC(C(Cl)(Cl)Cl)=NCC1I. The lowest BCUT2D eigenvalue weighted by Crippen LogP contribution is -2.39. The van der Waals surface area contributed by atoms with E-state index in [4.69, 9.17) is 39.5 Å².